The van der Waals surface area contributed by atoms with Crippen molar-refractivity contribution < 1.29 is 9.53 Å². The van der Waals surface area contributed by atoms with E-state index in [2.05, 4.69) is 5.32 Å². The second kappa shape index (κ2) is 9.53. The fourth-order valence-corrected chi connectivity index (χ4v) is 3.43. The van der Waals surface area contributed by atoms with Crippen LogP contribution in [0.5, 0.6) is 5.75 Å². The Labute approximate surface area is 183 Å². The van der Waals surface area contributed by atoms with Crippen LogP contribution in [-0.4, -0.2) is 28.6 Å². The van der Waals surface area contributed by atoms with Gasteiger partial charge < -0.3 is 15.8 Å². The predicted molar refractivity (Wildman–Crippen MR) is 121 cm³/mol. The van der Waals surface area contributed by atoms with E-state index in [1.54, 1.807) is 25.1 Å². The number of aromatic nitrogens is 2. The number of nitrogens with one attached hydrogen (secondary N) is 1. The van der Waals surface area contributed by atoms with Crippen LogP contribution in [0.1, 0.15) is 22.8 Å². The normalized spacial score (nSPS) is 10.7. The van der Waals surface area contributed by atoms with Crippen molar-refractivity contribution in [3.8, 4) is 5.75 Å². The lowest BCUT2D eigenvalue weighted by Crippen LogP contribution is -2.44. The second-order valence-corrected chi connectivity index (χ2v) is 7.22. The number of nitrogens with two attached hydrogens (primary N) is 1. The quantitative estimate of drug-likeness (QED) is 0.519. The Kier molecular flexibility index (Phi) is 6.81. The van der Waals surface area contributed by atoms with Gasteiger partial charge in [0.05, 0.1) is 25.9 Å². The summed E-state index contributed by atoms with van der Waals surface area (Å²) in [7, 11) is 1.49. The van der Waals surface area contributed by atoms with Crippen molar-refractivity contribution in [1.82, 2.24) is 9.13 Å². The summed E-state index contributed by atoms with van der Waals surface area (Å²) in [5.41, 5.74) is 5.97. The molecule has 0 saturated heterocycles. The standard InChI is InChI=1S/C22H23ClN4O4/c1-3-26-21(29)19(17(28)12-25-16-11-15(23)9-10-18(16)31-2)20(24)27(22(26)30)13-14-7-5-4-6-8-14/h4-11,25H,3,12-13,24H2,1-2H3. The van der Waals surface area contributed by atoms with Crippen LogP contribution in [0.4, 0.5) is 11.5 Å². The van der Waals surface area contributed by atoms with E-state index in [1.165, 1.54) is 11.7 Å². The Morgan fingerprint density at radius 1 is 1.13 bits per heavy atom. The Balaban J connectivity index is 1.99. The van der Waals surface area contributed by atoms with E-state index >= 15 is 0 Å². The zero-order valence-corrected chi connectivity index (χ0v) is 18.0. The molecular weight excluding hydrogens is 420 g/mol. The molecule has 1 aromatic heterocycles. The van der Waals surface area contributed by atoms with Gasteiger partial charge in [0.1, 0.15) is 17.1 Å². The molecule has 3 N–H and O–H groups in total. The Bertz CT molecular complexity index is 1220. The highest BCUT2D eigenvalue weighted by Gasteiger charge is 2.22. The number of carbonyl (C=O) groups excluding carboxylic acids is 1. The fraction of sp³-hybridized carbons (Fsp3) is 0.227. The van der Waals surface area contributed by atoms with Gasteiger partial charge >= 0.3 is 5.69 Å². The van der Waals surface area contributed by atoms with E-state index in [9.17, 15) is 14.4 Å². The van der Waals surface area contributed by atoms with Gasteiger partial charge in [0.15, 0.2) is 5.78 Å². The third-order valence-electron chi connectivity index (χ3n) is 4.85. The number of ketones is 1. The van der Waals surface area contributed by atoms with E-state index < -0.39 is 17.0 Å². The summed E-state index contributed by atoms with van der Waals surface area (Å²) in [6.45, 7) is 1.68. The maximum atomic E-state index is 13.0. The van der Waals surface area contributed by atoms with Gasteiger partial charge in [-0.25, -0.2) is 4.79 Å². The summed E-state index contributed by atoms with van der Waals surface area (Å²) in [6, 6.07) is 14.1. The molecule has 0 amide bonds. The topological polar surface area (TPSA) is 108 Å². The monoisotopic (exact) mass is 442 g/mol. The summed E-state index contributed by atoms with van der Waals surface area (Å²) in [4.78, 5) is 38.6. The lowest BCUT2D eigenvalue weighted by Gasteiger charge is -2.16. The SMILES string of the molecule is CCn1c(=O)c(C(=O)CNc2cc(Cl)ccc2OC)c(N)n(Cc2ccccc2)c1=O. The van der Waals surface area contributed by atoms with Crippen molar-refractivity contribution in [2.75, 3.05) is 24.7 Å². The Hall–Kier alpha value is -3.52. The molecule has 0 saturated carbocycles. The average Bonchev–Trinajstić information content (AvgIpc) is 2.76. The van der Waals surface area contributed by atoms with Gasteiger partial charge in [-0.1, -0.05) is 41.9 Å². The van der Waals surface area contributed by atoms with Gasteiger partial charge in [0.25, 0.3) is 5.56 Å². The van der Waals surface area contributed by atoms with Crippen LogP contribution >= 0.6 is 11.6 Å². The van der Waals surface area contributed by atoms with Crippen LogP contribution in [0.2, 0.25) is 5.02 Å². The highest BCUT2D eigenvalue weighted by Crippen LogP contribution is 2.27. The first-order chi connectivity index (χ1) is 14.9. The van der Waals surface area contributed by atoms with Crippen molar-refractivity contribution in [2.45, 2.75) is 20.0 Å². The molecule has 0 unspecified atom stereocenters. The van der Waals surface area contributed by atoms with E-state index in [4.69, 9.17) is 22.1 Å². The Morgan fingerprint density at radius 2 is 1.84 bits per heavy atom. The van der Waals surface area contributed by atoms with Gasteiger partial charge in [0, 0.05) is 11.6 Å². The predicted octanol–water partition coefficient (Wildman–Crippen LogP) is 2.62. The number of ether oxygens (including phenoxy) is 1. The molecule has 0 radical (unpaired) electrons. The van der Waals surface area contributed by atoms with Crippen molar-refractivity contribution in [2.24, 2.45) is 0 Å². The summed E-state index contributed by atoms with van der Waals surface area (Å²) in [5.74, 6) is -0.216. The van der Waals surface area contributed by atoms with Crippen LogP contribution < -0.4 is 27.0 Å². The first kappa shape index (κ1) is 22.2. The molecular formula is C22H23ClN4O4. The molecule has 162 valence electrons. The van der Waals surface area contributed by atoms with Gasteiger partial charge in [-0.15, -0.1) is 0 Å². The number of nitrogen functional groups attached to an aromatic ring is 1. The summed E-state index contributed by atoms with van der Waals surface area (Å²) in [6.07, 6.45) is 0. The molecule has 31 heavy (non-hydrogen) atoms. The van der Waals surface area contributed by atoms with Crippen LogP contribution in [0.25, 0.3) is 0 Å². The number of hydrogen-bond donors (Lipinski definition) is 2. The minimum atomic E-state index is -0.709. The highest BCUT2D eigenvalue weighted by molar-refractivity contribution is 6.31. The number of rotatable bonds is 8. The largest absolute Gasteiger partial charge is 0.495 e. The molecule has 0 bridgehead atoms. The summed E-state index contributed by atoms with van der Waals surface area (Å²) < 4.78 is 7.51. The molecule has 2 aromatic carbocycles. The minimum absolute atomic E-state index is 0.114. The number of carbonyl (C=O) groups is 1. The fourth-order valence-electron chi connectivity index (χ4n) is 3.26. The van der Waals surface area contributed by atoms with Crippen molar-refractivity contribution in [1.29, 1.82) is 0 Å². The molecule has 1 heterocycles. The highest BCUT2D eigenvalue weighted by atomic mass is 35.5. The molecule has 8 nitrogen and oxygen atoms in total. The molecule has 0 aliphatic rings. The lowest BCUT2D eigenvalue weighted by molar-refractivity contribution is 0.100. The Morgan fingerprint density at radius 3 is 2.48 bits per heavy atom. The molecule has 9 heteroatoms. The number of Topliss-reactive ketones (excluding diaryl/α,β-unsaturated/α-hetero) is 1. The molecule has 0 aliphatic heterocycles. The van der Waals surface area contributed by atoms with Gasteiger partial charge in [-0.2, -0.15) is 0 Å². The number of hydrogen-bond acceptors (Lipinski definition) is 6. The van der Waals surface area contributed by atoms with Crippen LogP contribution in [0.15, 0.2) is 58.1 Å². The van der Waals surface area contributed by atoms with E-state index in [0.717, 1.165) is 10.1 Å². The third-order valence-corrected chi connectivity index (χ3v) is 5.08. The molecule has 3 rings (SSSR count). The van der Waals surface area contributed by atoms with Crippen molar-refractivity contribution in [3.05, 3.63) is 85.5 Å². The molecule has 0 fully saturated rings. The third kappa shape index (κ3) is 4.64. The van der Waals surface area contributed by atoms with Crippen LogP contribution in [-0.2, 0) is 13.1 Å². The maximum absolute atomic E-state index is 13.0. The summed E-state index contributed by atoms with van der Waals surface area (Å²) >= 11 is 6.02. The first-order valence-electron chi connectivity index (χ1n) is 9.65. The molecule has 0 aliphatic carbocycles. The van der Waals surface area contributed by atoms with Crippen molar-refractivity contribution >= 4 is 28.9 Å². The van der Waals surface area contributed by atoms with Gasteiger partial charge in [-0.05, 0) is 30.7 Å². The molecule has 0 spiro atoms. The molecule has 0 atom stereocenters. The zero-order chi connectivity index (χ0) is 22.5. The first-order valence-corrected chi connectivity index (χ1v) is 10.0. The number of anilines is 2. The van der Waals surface area contributed by atoms with Crippen LogP contribution in [0, 0.1) is 0 Å². The van der Waals surface area contributed by atoms with Crippen molar-refractivity contribution in [3.63, 3.8) is 0 Å². The lowest BCUT2D eigenvalue weighted by atomic mass is 10.1. The van der Waals surface area contributed by atoms with Gasteiger partial charge in [0.2, 0.25) is 0 Å². The van der Waals surface area contributed by atoms with Gasteiger partial charge in [-0.3, -0.25) is 18.7 Å². The van der Waals surface area contributed by atoms with E-state index in [0.29, 0.717) is 16.5 Å². The zero-order valence-electron chi connectivity index (χ0n) is 17.2. The number of methoxy groups -OCH3 is 1. The average molecular weight is 443 g/mol. The number of benzene rings is 2. The van der Waals surface area contributed by atoms with E-state index in [-0.39, 0.29) is 31.0 Å². The van der Waals surface area contributed by atoms with Crippen LogP contribution in [0.3, 0.4) is 0 Å². The smallest absolute Gasteiger partial charge is 0.332 e. The maximum Gasteiger partial charge on any atom is 0.332 e. The van der Waals surface area contributed by atoms with E-state index in [1.807, 2.05) is 30.3 Å². The second-order valence-electron chi connectivity index (χ2n) is 6.79. The number of halogens is 1. The summed E-state index contributed by atoms with van der Waals surface area (Å²) in [5, 5.41) is 3.39. The minimum Gasteiger partial charge on any atom is -0.495 e. The number of nitrogens with zero attached hydrogens (tertiary/aromatic N) is 2. The molecule has 3 aromatic rings.